The molecule has 0 aliphatic heterocycles. The van der Waals surface area contributed by atoms with Crippen molar-refractivity contribution in [3.63, 3.8) is 0 Å². The molecule has 2 aromatic carbocycles. The third-order valence-corrected chi connectivity index (χ3v) is 3.56. The van der Waals surface area contributed by atoms with Gasteiger partial charge in [-0.15, -0.1) is 0 Å². The lowest BCUT2D eigenvalue weighted by atomic mass is 9.95. The van der Waals surface area contributed by atoms with Crippen molar-refractivity contribution >= 4 is 5.91 Å². The monoisotopic (exact) mass is 282 g/mol. The molecule has 2 atom stereocenters. The molecule has 0 aromatic heterocycles. The molecule has 2 rings (SSSR count). The van der Waals surface area contributed by atoms with Gasteiger partial charge in [-0.3, -0.25) is 4.79 Å². The Kier molecular flexibility index (Phi) is 5.12. The van der Waals surface area contributed by atoms with Crippen LogP contribution in [-0.2, 0) is 4.79 Å². The quantitative estimate of drug-likeness (QED) is 0.885. The first kappa shape index (κ1) is 15.3. The van der Waals surface area contributed by atoms with Crippen molar-refractivity contribution in [2.24, 2.45) is 11.7 Å². The normalized spacial score (nSPS) is 13.7. The molecule has 0 aliphatic carbocycles. The number of carbonyl (C=O) groups is 1. The van der Waals surface area contributed by atoms with E-state index in [1.807, 2.05) is 60.7 Å². The van der Waals surface area contributed by atoms with Gasteiger partial charge in [0.1, 0.15) is 6.04 Å². The summed E-state index contributed by atoms with van der Waals surface area (Å²) < 4.78 is 0. The van der Waals surface area contributed by atoms with E-state index in [1.165, 1.54) is 0 Å². The average molecular weight is 282 g/mol. The number of benzene rings is 2. The van der Waals surface area contributed by atoms with Crippen molar-refractivity contribution < 1.29 is 4.79 Å². The molecule has 0 bridgehead atoms. The Morgan fingerprint density at radius 3 is 1.86 bits per heavy atom. The van der Waals surface area contributed by atoms with Crippen LogP contribution in [-0.4, -0.2) is 5.91 Å². The third-order valence-electron chi connectivity index (χ3n) is 3.56. The summed E-state index contributed by atoms with van der Waals surface area (Å²) in [5, 5.41) is 3.07. The van der Waals surface area contributed by atoms with Crippen molar-refractivity contribution in [2.45, 2.75) is 25.9 Å². The van der Waals surface area contributed by atoms with Gasteiger partial charge in [0, 0.05) is 0 Å². The fraction of sp³-hybridized carbons (Fsp3) is 0.278. The summed E-state index contributed by atoms with van der Waals surface area (Å²) in [6, 6.07) is 18.7. The molecule has 110 valence electrons. The largest absolute Gasteiger partial charge is 0.347 e. The Morgan fingerprint density at radius 1 is 0.905 bits per heavy atom. The molecule has 3 heteroatoms. The zero-order valence-electron chi connectivity index (χ0n) is 12.5. The summed E-state index contributed by atoms with van der Waals surface area (Å²) in [6.45, 7) is 4.18. The summed E-state index contributed by atoms with van der Waals surface area (Å²) in [4.78, 5) is 12.4. The van der Waals surface area contributed by atoms with Gasteiger partial charge in [-0.2, -0.15) is 0 Å². The first-order valence-corrected chi connectivity index (χ1v) is 7.25. The molecule has 0 aliphatic rings. The van der Waals surface area contributed by atoms with E-state index in [1.54, 1.807) is 0 Å². The van der Waals surface area contributed by atoms with Crippen LogP contribution < -0.4 is 11.1 Å². The molecular formula is C18H22N2O. The average Bonchev–Trinajstić information content (AvgIpc) is 2.53. The number of amides is 1. The molecule has 1 amide bonds. The van der Waals surface area contributed by atoms with Gasteiger partial charge in [0.15, 0.2) is 0 Å². The minimum atomic E-state index is -0.642. The van der Waals surface area contributed by atoms with Crippen molar-refractivity contribution in [1.29, 1.82) is 0 Å². The molecule has 0 heterocycles. The summed E-state index contributed by atoms with van der Waals surface area (Å²) in [5.74, 6) is 0.142. The number of hydrogen-bond acceptors (Lipinski definition) is 2. The van der Waals surface area contributed by atoms with E-state index in [4.69, 9.17) is 5.73 Å². The SMILES string of the molecule is CC(C)C(NC(=O)C(N)c1ccccc1)c1ccccc1. The molecule has 3 N–H and O–H groups in total. The Morgan fingerprint density at radius 2 is 1.38 bits per heavy atom. The second kappa shape index (κ2) is 7.04. The Hall–Kier alpha value is -2.13. The topological polar surface area (TPSA) is 55.1 Å². The molecule has 0 saturated carbocycles. The highest BCUT2D eigenvalue weighted by molar-refractivity contribution is 5.83. The molecule has 0 fully saturated rings. The van der Waals surface area contributed by atoms with Gasteiger partial charge < -0.3 is 11.1 Å². The van der Waals surface area contributed by atoms with Crippen LogP contribution in [0.25, 0.3) is 0 Å². The Balaban J connectivity index is 2.12. The zero-order valence-corrected chi connectivity index (χ0v) is 12.5. The Bertz CT molecular complexity index is 566. The van der Waals surface area contributed by atoms with E-state index in [2.05, 4.69) is 19.2 Å². The molecule has 2 unspecified atom stereocenters. The maximum absolute atomic E-state index is 12.4. The van der Waals surface area contributed by atoms with Gasteiger partial charge in [-0.25, -0.2) is 0 Å². The summed E-state index contributed by atoms with van der Waals surface area (Å²) >= 11 is 0. The van der Waals surface area contributed by atoms with Gasteiger partial charge in [0.25, 0.3) is 0 Å². The number of hydrogen-bond donors (Lipinski definition) is 2. The number of nitrogens with one attached hydrogen (secondary N) is 1. The van der Waals surface area contributed by atoms with Crippen LogP contribution in [0.1, 0.15) is 37.1 Å². The highest BCUT2D eigenvalue weighted by atomic mass is 16.2. The van der Waals surface area contributed by atoms with E-state index in [0.29, 0.717) is 5.92 Å². The van der Waals surface area contributed by atoms with Crippen molar-refractivity contribution in [2.75, 3.05) is 0 Å². The van der Waals surface area contributed by atoms with Gasteiger partial charge in [0.05, 0.1) is 6.04 Å². The predicted molar refractivity (Wildman–Crippen MR) is 85.5 cm³/mol. The highest BCUT2D eigenvalue weighted by Crippen LogP contribution is 2.22. The van der Waals surface area contributed by atoms with Gasteiger partial charge in [-0.1, -0.05) is 74.5 Å². The van der Waals surface area contributed by atoms with Crippen LogP contribution in [0.2, 0.25) is 0 Å². The number of nitrogens with two attached hydrogens (primary N) is 1. The van der Waals surface area contributed by atoms with Crippen molar-refractivity contribution in [3.05, 3.63) is 71.8 Å². The minimum absolute atomic E-state index is 0.0338. The smallest absolute Gasteiger partial charge is 0.242 e. The second-order valence-electron chi connectivity index (χ2n) is 5.53. The van der Waals surface area contributed by atoms with Crippen molar-refractivity contribution in [1.82, 2.24) is 5.32 Å². The van der Waals surface area contributed by atoms with Crippen molar-refractivity contribution in [3.8, 4) is 0 Å². The van der Waals surface area contributed by atoms with Crippen LogP contribution in [0.5, 0.6) is 0 Å². The van der Waals surface area contributed by atoms with Crippen LogP contribution in [0.3, 0.4) is 0 Å². The van der Waals surface area contributed by atoms with Gasteiger partial charge >= 0.3 is 0 Å². The van der Waals surface area contributed by atoms with E-state index >= 15 is 0 Å². The maximum atomic E-state index is 12.4. The lowest BCUT2D eigenvalue weighted by Gasteiger charge is -2.24. The van der Waals surface area contributed by atoms with Crippen LogP contribution in [0.15, 0.2) is 60.7 Å². The molecule has 0 spiro atoms. The lowest BCUT2D eigenvalue weighted by molar-refractivity contribution is -0.123. The second-order valence-corrected chi connectivity index (χ2v) is 5.53. The molecule has 2 aromatic rings. The van der Waals surface area contributed by atoms with E-state index < -0.39 is 6.04 Å². The van der Waals surface area contributed by atoms with Crippen LogP contribution >= 0.6 is 0 Å². The van der Waals surface area contributed by atoms with Gasteiger partial charge in [0.2, 0.25) is 5.91 Å². The molecule has 21 heavy (non-hydrogen) atoms. The van der Waals surface area contributed by atoms with E-state index in [9.17, 15) is 4.79 Å². The number of carbonyl (C=O) groups excluding carboxylic acids is 1. The summed E-state index contributed by atoms with van der Waals surface area (Å²) in [5.41, 5.74) is 7.98. The molecular weight excluding hydrogens is 260 g/mol. The van der Waals surface area contributed by atoms with E-state index in [-0.39, 0.29) is 11.9 Å². The van der Waals surface area contributed by atoms with E-state index in [0.717, 1.165) is 11.1 Å². The van der Waals surface area contributed by atoms with Crippen LogP contribution in [0.4, 0.5) is 0 Å². The molecule has 0 saturated heterocycles. The maximum Gasteiger partial charge on any atom is 0.242 e. The van der Waals surface area contributed by atoms with Crippen LogP contribution in [0, 0.1) is 5.92 Å². The third kappa shape index (κ3) is 3.92. The Labute approximate surface area is 126 Å². The fourth-order valence-electron chi connectivity index (χ4n) is 2.35. The number of rotatable bonds is 5. The van der Waals surface area contributed by atoms with Gasteiger partial charge in [-0.05, 0) is 17.0 Å². The minimum Gasteiger partial charge on any atom is -0.347 e. The zero-order chi connectivity index (χ0) is 15.2. The first-order valence-electron chi connectivity index (χ1n) is 7.25. The standard InChI is InChI=1S/C18H22N2O/c1-13(2)17(15-11-7-4-8-12-15)20-18(21)16(19)14-9-5-3-6-10-14/h3-13,16-17H,19H2,1-2H3,(H,20,21). The lowest BCUT2D eigenvalue weighted by Crippen LogP contribution is -2.38. The summed E-state index contributed by atoms with van der Waals surface area (Å²) in [6.07, 6.45) is 0. The highest BCUT2D eigenvalue weighted by Gasteiger charge is 2.22. The molecule has 3 nitrogen and oxygen atoms in total. The summed E-state index contributed by atoms with van der Waals surface area (Å²) in [7, 11) is 0. The predicted octanol–water partition coefficient (Wildman–Crippen LogP) is 3.20. The molecule has 0 radical (unpaired) electrons. The fourth-order valence-corrected chi connectivity index (χ4v) is 2.35. The first-order chi connectivity index (χ1) is 10.1.